The van der Waals surface area contributed by atoms with E-state index in [2.05, 4.69) is 49.6 Å². The zero-order valence-corrected chi connectivity index (χ0v) is 16.9. The van der Waals surface area contributed by atoms with Gasteiger partial charge in [0.1, 0.15) is 0 Å². The number of aliphatic imine (C=N–C) groups is 1. The first-order valence-electron chi connectivity index (χ1n) is 8.63. The van der Waals surface area contributed by atoms with E-state index >= 15 is 0 Å². The van der Waals surface area contributed by atoms with Crippen molar-refractivity contribution in [3.63, 3.8) is 0 Å². The maximum absolute atomic E-state index is 11.8. The summed E-state index contributed by atoms with van der Waals surface area (Å²) in [6, 6.07) is 6.84. The van der Waals surface area contributed by atoms with Crippen molar-refractivity contribution in [1.82, 2.24) is 14.9 Å². The van der Waals surface area contributed by atoms with Crippen LogP contribution in [0.3, 0.4) is 0 Å². The Kier molecular flexibility index (Phi) is 5.49. The molecular formula is C18H30N4O2S. The predicted molar refractivity (Wildman–Crippen MR) is 102 cm³/mol. The Hall–Kier alpha value is -1.60. The minimum atomic E-state index is -3.40. The number of benzene rings is 1. The van der Waals surface area contributed by atoms with Gasteiger partial charge in [-0.15, -0.1) is 0 Å². The number of hydrogen-bond donors (Lipinski definition) is 2. The molecule has 2 N–H and O–H groups in total. The topological polar surface area (TPSA) is 73.8 Å². The highest BCUT2D eigenvalue weighted by molar-refractivity contribution is 7.89. The molecule has 0 bridgehead atoms. The van der Waals surface area contributed by atoms with E-state index in [1.165, 1.54) is 7.05 Å². The van der Waals surface area contributed by atoms with Crippen LogP contribution in [0.2, 0.25) is 0 Å². The maximum atomic E-state index is 11.8. The van der Waals surface area contributed by atoms with Gasteiger partial charge in [-0.05, 0) is 45.5 Å². The molecule has 0 aliphatic carbocycles. The second-order valence-electron chi connectivity index (χ2n) is 7.55. The van der Waals surface area contributed by atoms with Crippen molar-refractivity contribution in [3.8, 4) is 0 Å². The van der Waals surface area contributed by atoms with Crippen molar-refractivity contribution in [3.05, 3.63) is 29.8 Å². The van der Waals surface area contributed by atoms with E-state index in [-0.39, 0.29) is 15.8 Å². The Morgan fingerprint density at radius 1 is 1.20 bits per heavy atom. The summed E-state index contributed by atoms with van der Waals surface area (Å²) in [5.74, 6) is 0.902. The molecule has 0 radical (unpaired) electrons. The molecule has 0 atom stereocenters. The average Bonchev–Trinajstić information content (AvgIpc) is 2.57. The maximum Gasteiger partial charge on any atom is 0.240 e. The Morgan fingerprint density at radius 2 is 1.80 bits per heavy atom. The lowest BCUT2D eigenvalue weighted by molar-refractivity contribution is -0.0667. The van der Waals surface area contributed by atoms with Gasteiger partial charge in [-0.2, -0.15) is 0 Å². The largest absolute Gasteiger partial charge is 0.356 e. The third-order valence-electron chi connectivity index (χ3n) is 5.39. The van der Waals surface area contributed by atoms with E-state index in [4.69, 9.17) is 4.99 Å². The fourth-order valence-corrected chi connectivity index (χ4v) is 3.58. The highest BCUT2D eigenvalue weighted by Crippen LogP contribution is 2.46. The Balaban J connectivity index is 2.15. The lowest BCUT2D eigenvalue weighted by atomic mass is 9.65. The molecule has 0 spiro atoms. The number of likely N-dealkylation sites (tertiary alicyclic amines) is 1. The standard InChI is InChI=1S/C18H30N4O2S/c1-7-20-16(22-13-17(2,3)18(22,4)5)21-12-14-8-10-15(11-9-14)25(23,24)19-6/h8-11,19H,7,12-13H2,1-6H3,(H,20,21). The van der Waals surface area contributed by atoms with Crippen molar-refractivity contribution < 1.29 is 8.42 Å². The summed E-state index contributed by atoms with van der Waals surface area (Å²) in [4.78, 5) is 7.31. The van der Waals surface area contributed by atoms with Gasteiger partial charge in [0, 0.05) is 24.0 Å². The molecule has 1 heterocycles. The first-order chi connectivity index (χ1) is 11.5. The van der Waals surface area contributed by atoms with E-state index in [9.17, 15) is 8.42 Å². The van der Waals surface area contributed by atoms with Gasteiger partial charge in [-0.25, -0.2) is 18.1 Å². The zero-order valence-electron chi connectivity index (χ0n) is 16.0. The summed E-state index contributed by atoms with van der Waals surface area (Å²) >= 11 is 0. The Morgan fingerprint density at radius 3 is 2.24 bits per heavy atom. The van der Waals surface area contributed by atoms with Crippen LogP contribution in [0, 0.1) is 5.41 Å². The normalized spacial score (nSPS) is 19.4. The van der Waals surface area contributed by atoms with E-state index in [0.29, 0.717) is 6.54 Å². The lowest BCUT2D eigenvalue weighted by Gasteiger charge is -2.62. The van der Waals surface area contributed by atoms with Gasteiger partial charge in [0.2, 0.25) is 10.0 Å². The molecule has 0 amide bonds. The highest BCUT2D eigenvalue weighted by Gasteiger charge is 2.53. The number of rotatable bonds is 5. The highest BCUT2D eigenvalue weighted by atomic mass is 32.2. The quantitative estimate of drug-likeness (QED) is 0.619. The van der Waals surface area contributed by atoms with Crippen molar-refractivity contribution in [2.45, 2.75) is 51.6 Å². The molecule has 140 valence electrons. The van der Waals surface area contributed by atoms with Crippen LogP contribution in [-0.4, -0.2) is 45.0 Å². The van der Waals surface area contributed by atoms with E-state index in [0.717, 1.165) is 24.6 Å². The summed E-state index contributed by atoms with van der Waals surface area (Å²) < 4.78 is 25.9. The second kappa shape index (κ2) is 6.96. The number of nitrogens with one attached hydrogen (secondary N) is 2. The van der Waals surface area contributed by atoms with Crippen molar-refractivity contribution in [2.75, 3.05) is 20.1 Å². The summed E-state index contributed by atoms with van der Waals surface area (Å²) in [5.41, 5.74) is 1.26. The fraction of sp³-hybridized carbons (Fsp3) is 0.611. The predicted octanol–water partition coefficient (Wildman–Crippen LogP) is 2.18. The first kappa shape index (κ1) is 19.7. The van der Waals surface area contributed by atoms with Gasteiger partial charge < -0.3 is 10.2 Å². The fourth-order valence-electron chi connectivity index (χ4n) is 2.85. The monoisotopic (exact) mass is 366 g/mol. The molecule has 0 aromatic heterocycles. The summed E-state index contributed by atoms with van der Waals surface area (Å²) in [5, 5.41) is 3.36. The number of sulfonamides is 1. The molecule has 1 fully saturated rings. The molecule has 1 aliphatic heterocycles. The average molecular weight is 367 g/mol. The van der Waals surface area contributed by atoms with Crippen LogP contribution >= 0.6 is 0 Å². The third kappa shape index (κ3) is 3.82. The number of guanidine groups is 1. The zero-order chi connectivity index (χ0) is 18.9. The SMILES string of the molecule is CCNC(=NCc1ccc(S(=O)(=O)NC)cc1)N1CC(C)(C)C1(C)C. The Labute approximate surface area is 151 Å². The van der Waals surface area contributed by atoms with Gasteiger partial charge in [0.05, 0.1) is 11.4 Å². The third-order valence-corrected chi connectivity index (χ3v) is 6.82. The minimum absolute atomic E-state index is 0.0404. The minimum Gasteiger partial charge on any atom is -0.356 e. The van der Waals surface area contributed by atoms with Crippen LogP contribution in [0.4, 0.5) is 0 Å². The van der Waals surface area contributed by atoms with Gasteiger partial charge in [-0.3, -0.25) is 0 Å². The van der Waals surface area contributed by atoms with Gasteiger partial charge in [0.25, 0.3) is 0 Å². The molecule has 7 heteroatoms. The van der Waals surface area contributed by atoms with Crippen LogP contribution in [-0.2, 0) is 16.6 Å². The summed E-state index contributed by atoms with van der Waals surface area (Å²) in [6.45, 7) is 13.4. The van der Waals surface area contributed by atoms with Crippen molar-refractivity contribution in [1.29, 1.82) is 0 Å². The van der Waals surface area contributed by atoms with E-state index in [1.54, 1.807) is 12.1 Å². The smallest absolute Gasteiger partial charge is 0.240 e. The lowest BCUT2D eigenvalue weighted by Crippen LogP contribution is -2.72. The molecular weight excluding hydrogens is 336 g/mol. The van der Waals surface area contributed by atoms with E-state index in [1.807, 2.05) is 12.1 Å². The number of hydrogen-bond acceptors (Lipinski definition) is 3. The molecule has 2 rings (SSSR count). The summed E-state index contributed by atoms with van der Waals surface area (Å²) in [7, 11) is -1.99. The number of nitrogens with zero attached hydrogens (tertiary/aromatic N) is 2. The molecule has 1 aromatic carbocycles. The van der Waals surface area contributed by atoms with Crippen LogP contribution in [0.1, 0.15) is 40.2 Å². The van der Waals surface area contributed by atoms with Gasteiger partial charge >= 0.3 is 0 Å². The molecule has 1 aromatic rings. The van der Waals surface area contributed by atoms with Gasteiger partial charge in [0.15, 0.2) is 5.96 Å². The van der Waals surface area contributed by atoms with E-state index < -0.39 is 10.0 Å². The van der Waals surface area contributed by atoms with Gasteiger partial charge in [-0.1, -0.05) is 26.0 Å². The summed E-state index contributed by atoms with van der Waals surface area (Å²) in [6.07, 6.45) is 0. The van der Waals surface area contributed by atoms with Crippen LogP contribution < -0.4 is 10.0 Å². The second-order valence-corrected chi connectivity index (χ2v) is 9.44. The van der Waals surface area contributed by atoms with Crippen LogP contribution in [0.5, 0.6) is 0 Å². The molecule has 1 aliphatic rings. The molecule has 0 saturated carbocycles. The van der Waals surface area contributed by atoms with Crippen molar-refractivity contribution in [2.24, 2.45) is 10.4 Å². The Bertz CT molecular complexity index is 737. The van der Waals surface area contributed by atoms with Crippen LogP contribution in [0.15, 0.2) is 34.2 Å². The molecule has 0 unspecified atom stereocenters. The van der Waals surface area contributed by atoms with Crippen LogP contribution in [0.25, 0.3) is 0 Å². The molecule has 25 heavy (non-hydrogen) atoms. The molecule has 6 nitrogen and oxygen atoms in total. The first-order valence-corrected chi connectivity index (χ1v) is 10.1. The van der Waals surface area contributed by atoms with Crippen molar-refractivity contribution >= 4 is 16.0 Å². The molecule has 1 saturated heterocycles.